The molecule has 2 aromatic carbocycles. The number of rotatable bonds is 32. The molecule has 636 valence electrons. The summed E-state index contributed by atoms with van der Waals surface area (Å²) in [6.07, 6.45) is 8.39. The lowest BCUT2D eigenvalue weighted by molar-refractivity contribution is -0.155. The van der Waals surface area contributed by atoms with Crippen LogP contribution in [0.15, 0.2) is 84.0 Å². The zero-order chi connectivity index (χ0) is 85.2. The molecule has 0 spiro atoms. The predicted octanol–water partition coefficient (Wildman–Crippen LogP) is 8.79. The number of anilines is 1. The summed E-state index contributed by atoms with van der Waals surface area (Å²) < 4.78 is 58.3. The highest BCUT2D eigenvalue weighted by atomic mass is 35.5. The molecule has 0 radical (unpaired) electrons. The third kappa shape index (κ3) is 34.9. The predicted molar refractivity (Wildman–Crippen MR) is 427 cm³/mol. The Morgan fingerprint density at radius 3 is 2.05 bits per heavy atom. The zero-order valence-corrected chi connectivity index (χ0v) is 70.5. The van der Waals surface area contributed by atoms with Crippen molar-refractivity contribution in [3.63, 3.8) is 0 Å². The first-order valence-corrected chi connectivity index (χ1v) is 42.2. The van der Waals surface area contributed by atoms with Crippen LogP contribution in [0.25, 0.3) is 0 Å². The normalized spacial score (nSPS) is 23.9. The van der Waals surface area contributed by atoms with Crippen molar-refractivity contribution in [2.75, 3.05) is 45.7 Å². The average molecular weight is 1660 g/mol. The summed E-state index contributed by atoms with van der Waals surface area (Å²) in [5.41, 5.74) is 6.79. The van der Waals surface area contributed by atoms with Gasteiger partial charge in [0.25, 0.3) is 5.91 Å². The number of halogens is 1. The van der Waals surface area contributed by atoms with Crippen molar-refractivity contribution in [2.24, 2.45) is 35.3 Å². The summed E-state index contributed by atoms with van der Waals surface area (Å²) in [6, 6.07) is 4.31. The Balaban J connectivity index is 1.43. The number of carbonyl (C=O) groups is 12. The van der Waals surface area contributed by atoms with Crippen LogP contribution in [0.4, 0.5) is 15.3 Å². The molecular weight excluding hydrogens is 1540 g/mol. The van der Waals surface area contributed by atoms with E-state index in [1.165, 1.54) is 65.2 Å². The van der Waals surface area contributed by atoms with Crippen molar-refractivity contribution in [3.8, 4) is 0 Å². The van der Waals surface area contributed by atoms with E-state index in [2.05, 4.69) is 59.0 Å². The number of cyclic esters (lactones) is 2. The van der Waals surface area contributed by atoms with E-state index in [0.717, 1.165) is 41.9 Å². The Hall–Kier alpha value is -8.55. The number of esters is 2. The van der Waals surface area contributed by atoms with E-state index in [1.807, 2.05) is 0 Å². The van der Waals surface area contributed by atoms with E-state index in [1.54, 1.807) is 92.7 Å². The highest BCUT2D eigenvalue weighted by Gasteiger charge is 2.40. The number of urea groups is 1. The third-order valence-electron chi connectivity index (χ3n) is 19.5. The summed E-state index contributed by atoms with van der Waals surface area (Å²) >= 11 is 6.18. The van der Waals surface area contributed by atoms with Crippen molar-refractivity contribution < 1.29 is 104 Å². The van der Waals surface area contributed by atoms with Crippen LogP contribution in [0.5, 0.6) is 0 Å². The molecule has 4 unspecified atom stereocenters. The number of unbranched alkanes of at least 4 members (excludes halogenated alkanes) is 2. The SMILES string of the molecule is C/C=C(\C)[C@H]1OC(=O)[C@@H](C)NC(=O)[C@H](C(C)CC)NC(=O)CN(C)C(=O)[C@@H](Cc2ccc(Cl)cc2)N(C)C(=O)[C@H](C)NC(=O)[C@@H](CC(C)C)OC(=O)/C(C)=C/C[C@H](OC(=O)NCCCCCOP(=O)(O)OP(=O)(O)OCc2ccc(NC(=O)[C@H](CCCNC(N)=O)NC(=O)[C@H](NC(=O)CC3CC/C=C/CCC3)C(C)C)cc2)[C@@H]1C. The fourth-order valence-electron chi connectivity index (χ4n) is 12.4. The number of carbonyl (C=O) groups excluding carboxylic acids is 12. The topological polar surface area (TPSA) is 464 Å². The van der Waals surface area contributed by atoms with Crippen molar-refractivity contribution in [2.45, 2.75) is 241 Å². The van der Waals surface area contributed by atoms with Crippen molar-refractivity contribution in [1.82, 2.24) is 47.0 Å². The Morgan fingerprint density at radius 1 is 0.772 bits per heavy atom. The number of phosphoric acid groups is 2. The van der Waals surface area contributed by atoms with Crippen LogP contribution in [-0.4, -0.2) is 186 Å². The molecule has 1 aliphatic carbocycles. The van der Waals surface area contributed by atoms with Crippen LogP contribution in [-0.2, 0) is 97.7 Å². The van der Waals surface area contributed by atoms with Crippen LogP contribution in [0.3, 0.4) is 0 Å². The number of primary amides is 1. The Kier molecular flexibility index (Phi) is 41.8. The zero-order valence-electron chi connectivity index (χ0n) is 68.0. The highest BCUT2D eigenvalue weighted by Crippen LogP contribution is 2.60. The molecule has 0 bridgehead atoms. The van der Waals surface area contributed by atoms with Gasteiger partial charge in [-0.2, -0.15) is 4.31 Å². The Bertz CT molecular complexity index is 3770. The van der Waals surface area contributed by atoms with Gasteiger partial charge in [-0.15, -0.1) is 0 Å². The molecule has 2 aromatic rings. The summed E-state index contributed by atoms with van der Waals surface area (Å²) in [5.74, 6) is -8.81. The lowest BCUT2D eigenvalue weighted by Crippen LogP contribution is -2.57. The van der Waals surface area contributed by atoms with E-state index in [4.69, 9.17) is 40.6 Å². The number of amides is 11. The van der Waals surface area contributed by atoms with Gasteiger partial charge in [-0.05, 0) is 170 Å². The van der Waals surface area contributed by atoms with Crippen molar-refractivity contribution in [1.29, 1.82) is 0 Å². The van der Waals surface area contributed by atoms with Crippen LogP contribution in [0.1, 0.15) is 184 Å². The van der Waals surface area contributed by atoms with E-state index < -0.39 is 167 Å². The molecule has 0 fully saturated rings. The molecule has 0 saturated heterocycles. The van der Waals surface area contributed by atoms with Crippen molar-refractivity contribution >= 4 is 104 Å². The van der Waals surface area contributed by atoms with E-state index >= 15 is 0 Å². The first kappa shape index (κ1) is 97.8. The maximum atomic E-state index is 14.4. The van der Waals surface area contributed by atoms with Gasteiger partial charge in [-0.3, -0.25) is 47.4 Å². The number of alkyl carbamates (subject to hydrolysis) is 1. The molecule has 36 heteroatoms. The molecule has 1 heterocycles. The molecule has 0 aromatic heterocycles. The maximum absolute atomic E-state index is 14.4. The number of phosphoric ester groups is 2. The molecule has 1 aliphatic heterocycles. The monoisotopic (exact) mass is 1660 g/mol. The second-order valence-electron chi connectivity index (χ2n) is 29.9. The minimum absolute atomic E-state index is 0.0164. The van der Waals surface area contributed by atoms with Gasteiger partial charge >= 0.3 is 39.7 Å². The Morgan fingerprint density at radius 2 is 1.41 bits per heavy atom. The number of ether oxygens (including phenoxy) is 3. The lowest BCUT2D eigenvalue weighted by atomic mass is 9.90. The Labute approximate surface area is 673 Å². The second kappa shape index (κ2) is 48.7. The number of benzene rings is 2. The molecule has 4 rings (SSSR count). The molecule has 12 N–H and O–H groups in total. The number of nitrogens with zero attached hydrogens (tertiary/aromatic N) is 2. The molecule has 114 heavy (non-hydrogen) atoms. The number of likely N-dealkylation sites (N-methyl/N-ethyl adjacent to an activating group) is 2. The van der Waals surface area contributed by atoms with Gasteiger partial charge in [0.1, 0.15) is 48.5 Å². The molecular formula is C78H120ClN11O22P2. The van der Waals surface area contributed by atoms with Gasteiger partial charge in [-0.25, -0.2) is 28.3 Å². The number of nitrogens with two attached hydrogens (primary N) is 1. The smallest absolute Gasteiger partial charge is 0.456 e. The quantitative estimate of drug-likeness (QED) is 0.0107. The molecule has 14 atom stereocenters. The number of hydrogen-bond donors (Lipinski definition) is 11. The van der Waals surface area contributed by atoms with Gasteiger partial charge < -0.3 is 82.1 Å². The fraction of sp³-hybridized carbons (Fsp3) is 0.615. The molecule has 11 amide bonds. The highest BCUT2D eigenvalue weighted by molar-refractivity contribution is 7.61. The lowest BCUT2D eigenvalue weighted by Gasteiger charge is -2.33. The molecule has 33 nitrogen and oxygen atoms in total. The van der Waals surface area contributed by atoms with Crippen LogP contribution >= 0.6 is 27.2 Å². The minimum atomic E-state index is -5.28. The second-order valence-corrected chi connectivity index (χ2v) is 33.3. The third-order valence-corrected chi connectivity index (χ3v) is 22.4. The summed E-state index contributed by atoms with van der Waals surface area (Å²) in [7, 11) is -7.79. The van der Waals surface area contributed by atoms with E-state index in [0.29, 0.717) is 22.6 Å². The van der Waals surface area contributed by atoms with Gasteiger partial charge in [-0.1, -0.05) is 115 Å². The first-order chi connectivity index (χ1) is 53.6. The van der Waals surface area contributed by atoms with Gasteiger partial charge in [0, 0.05) is 68.6 Å². The standard InChI is InChI=1S/C78H120ClN11O22P2/c1-15-49(7)67-72(96)84-54(12)76(100)111-68(50(8)16-2)52(10)62(38-29-51(9)75(99)109-63(42-47(3)4)70(94)83-53(11)73(97)90(14)61(43-56-30-34-58(79)35-31-56)74(98)89(13)45-65(92)88-67)110-78(102)82-39-23-20-24-41-107-113(103,104)112-114(105,106)108-46-57-32-36-59(37-33-57)85-69(93)60(28-25-40-81-77(80)101)86-71(95)66(48(5)6)87-64(91)44-55-26-21-18-17-19-22-27-55/h16-18,29-37,47-49,52-55,60-63,66-68H,15,19-28,38-46H2,1-14H3,(H,82,102)(H,83,94)(H,84,96)(H,85,93)(H,86,95)(H,87,91)(H,88,92)(H,103,104)(H,105,106)(H3,80,81,101)/b18-17+,50-16+,51-29+/t49?,52-,53-,54+,55?,60-,61+,62-,63+,66+,67-,68+/m0/s1. The summed E-state index contributed by atoms with van der Waals surface area (Å²) in [6.45, 7) is 18.2. The van der Waals surface area contributed by atoms with E-state index in [9.17, 15) is 76.5 Å². The molecule has 2 aliphatic rings. The number of allylic oxidation sites excluding steroid dienone is 3. The van der Waals surface area contributed by atoms with E-state index in [-0.39, 0.29) is 111 Å². The number of hydrogen-bond acceptors (Lipinski definition) is 20. The van der Waals surface area contributed by atoms with Crippen LogP contribution < -0.4 is 48.3 Å². The minimum Gasteiger partial charge on any atom is -0.456 e. The van der Waals surface area contributed by atoms with Gasteiger partial charge in [0.2, 0.25) is 41.4 Å². The first-order valence-electron chi connectivity index (χ1n) is 38.8. The van der Waals surface area contributed by atoms with Crippen LogP contribution in [0, 0.1) is 29.6 Å². The van der Waals surface area contributed by atoms with Gasteiger partial charge in [0.15, 0.2) is 6.10 Å². The number of nitrogens with one attached hydrogen (secondary N) is 8. The summed E-state index contributed by atoms with van der Waals surface area (Å²) in [5, 5.41) is 21.8. The molecule has 0 saturated carbocycles. The van der Waals surface area contributed by atoms with Crippen molar-refractivity contribution in [3.05, 3.63) is 100 Å². The van der Waals surface area contributed by atoms with Crippen LogP contribution in [0.2, 0.25) is 5.02 Å². The average Bonchev–Trinajstić information content (AvgIpc) is 0.834. The summed E-state index contributed by atoms with van der Waals surface area (Å²) in [4.78, 5) is 188. The largest absolute Gasteiger partial charge is 0.481 e. The maximum Gasteiger partial charge on any atom is 0.481 e. The fourth-order valence-corrected chi connectivity index (χ4v) is 14.6. The van der Waals surface area contributed by atoms with Gasteiger partial charge in [0.05, 0.1) is 19.8 Å².